The molecule has 2 unspecified atom stereocenters. The maximum Gasteiger partial charge on any atom is 0.251 e. The van der Waals surface area contributed by atoms with Crippen LogP contribution < -0.4 is 11.1 Å². The van der Waals surface area contributed by atoms with E-state index >= 15 is 0 Å². The van der Waals surface area contributed by atoms with Crippen LogP contribution in [0.2, 0.25) is 0 Å². The third-order valence-electron chi connectivity index (χ3n) is 3.65. The van der Waals surface area contributed by atoms with Gasteiger partial charge in [-0.05, 0) is 44.4 Å². The molecule has 4 nitrogen and oxygen atoms in total. The first-order valence-electron chi connectivity index (χ1n) is 7.32. The second-order valence-electron chi connectivity index (χ2n) is 5.41. The molecule has 0 saturated carbocycles. The summed E-state index contributed by atoms with van der Waals surface area (Å²) in [7, 11) is 0. The highest BCUT2D eigenvalue weighted by Gasteiger charge is 2.21. The first-order chi connectivity index (χ1) is 10.1. The van der Waals surface area contributed by atoms with Gasteiger partial charge in [0.1, 0.15) is 0 Å². The molecule has 4 heteroatoms. The highest BCUT2D eigenvalue weighted by molar-refractivity contribution is 5.94. The van der Waals surface area contributed by atoms with Gasteiger partial charge in [-0.15, -0.1) is 0 Å². The van der Waals surface area contributed by atoms with Crippen molar-refractivity contribution in [3.8, 4) is 11.8 Å². The summed E-state index contributed by atoms with van der Waals surface area (Å²) >= 11 is 0. The molecule has 0 bridgehead atoms. The van der Waals surface area contributed by atoms with Crippen molar-refractivity contribution in [2.75, 3.05) is 13.2 Å². The molecule has 0 radical (unpaired) electrons. The Balaban J connectivity index is 2.08. The van der Waals surface area contributed by atoms with Gasteiger partial charge in [-0.3, -0.25) is 4.79 Å². The summed E-state index contributed by atoms with van der Waals surface area (Å²) in [6.07, 6.45) is 1.92. The van der Waals surface area contributed by atoms with E-state index in [9.17, 15) is 4.79 Å². The Bertz CT molecular complexity index is 572. The topological polar surface area (TPSA) is 64.3 Å². The van der Waals surface area contributed by atoms with Gasteiger partial charge < -0.3 is 15.8 Å². The van der Waals surface area contributed by atoms with Crippen molar-refractivity contribution in [3.63, 3.8) is 0 Å². The summed E-state index contributed by atoms with van der Waals surface area (Å²) in [4.78, 5) is 12.3. The lowest BCUT2D eigenvalue weighted by molar-refractivity contribution is 0.0136. The third-order valence-corrected chi connectivity index (χ3v) is 3.65. The van der Waals surface area contributed by atoms with Crippen molar-refractivity contribution in [2.45, 2.75) is 38.8 Å². The zero-order valence-electron chi connectivity index (χ0n) is 12.6. The average Bonchev–Trinajstić information content (AvgIpc) is 2.46. The maximum absolute atomic E-state index is 12.3. The number of amides is 1. The summed E-state index contributed by atoms with van der Waals surface area (Å²) in [6, 6.07) is 5.76. The highest BCUT2D eigenvalue weighted by Crippen LogP contribution is 2.15. The molecule has 1 amide bonds. The van der Waals surface area contributed by atoms with Crippen LogP contribution in [-0.4, -0.2) is 31.2 Å². The minimum atomic E-state index is -0.0510. The first-order valence-corrected chi connectivity index (χ1v) is 7.32. The molecule has 1 aliphatic rings. The Morgan fingerprint density at radius 3 is 3.05 bits per heavy atom. The smallest absolute Gasteiger partial charge is 0.251 e. The van der Waals surface area contributed by atoms with Crippen molar-refractivity contribution < 1.29 is 9.53 Å². The van der Waals surface area contributed by atoms with E-state index in [1.54, 1.807) is 0 Å². The quantitative estimate of drug-likeness (QED) is 0.812. The third kappa shape index (κ3) is 4.32. The van der Waals surface area contributed by atoms with Crippen molar-refractivity contribution in [2.24, 2.45) is 5.73 Å². The standard InChI is InChI=1S/C17H22N2O2/c1-12-5-6-15(11-14(12)4-3-8-18)17(20)19-16-7-9-21-13(2)10-16/h5-6,11,13,16H,7-10,18H2,1-2H3,(H,19,20). The summed E-state index contributed by atoms with van der Waals surface area (Å²) in [6.45, 7) is 5.02. The summed E-state index contributed by atoms with van der Waals surface area (Å²) in [5, 5.41) is 3.08. The number of aryl methyl sites for hydroxylation is 1. The molecule has 0 aliphatic carbocycles. The van der Waals surface area contributed by atoms with Crippen LogP contribution in [0.3, 0.4) is 0 Å². The number of rotatable bonds is 2. The normalized spacial score (nSPS) is 21.3. The van der Waals surface area contributed by atoms with Crippen LogP contribution in [0.25, 0.3) is 0 Å². The number of nitrogens with one attached hydrogen (secondary N) is 1. The summed E-state index contributed by atoms with van der Waals surface area (Å²) in [5.74, 6) is 5.78. The number of benzene rings is 1. The number of hydrogen-bond donors (Lipinski definition) is 2. The molecule has 0 aromatic heterocycles. The molecule has 1 aromatic carbocycles. The van der Waals surface area contributed by atoms with Gasteiger partial charge in [0.15, 0.2) is 0 Å². The van der Waals surface area contributed by atoms with Crippen molar-refractivity contribution in [1.29, 1.82) is 0 Å². The van der Waals surface area contributed by atoms with Crippen molar-refractivity contribution in [3.05, 3.63) is 34.9 Å². The molecule has 0 spiro atoms. The van der Waals surface area contributed by atoms with E-state index in [4.69, 9.17) is 10.5 Å². The molecule has 2 atom stereocenters. The second kappa shape index (κ2) is 7.26. The molecular weight excluding hydrogens is 264 g/mol. The number of carbonyl (C=O) groups is 1. The molecule has 1 aliphatic heterocycles. The average molecular weight is 286 g/mol. The lowest BCUT2D eigenvalue weighted by Gasteiger charge is -2.28. The lowest BCUT2D eigenvalue weighted by Crippen LogP contribution is -2.41. The lowest BCUT2D eigenvalue weighted by atomic mass is 10.0. The van der Waals surface area contributed by atoms with Gasteiger partial charge in [-0.2, -0.15) is 0 Å². The Morgan fingerprint density at radius 2 is 2.33 bits per heavy atom. The van der Waals surface area contributed by atoms with Crippen LogP contribution in [0, 0.1) is 18.8 Å². The molecule has 1 saturated heterocycles. The molecule has 1 fully saturated rings. The molecule has 1 aromatic rings. The van der Waals surface area contributed by atoms with Crippen LogP contribution in [0.1, 0.15) is 41.3 Å². The van der Waals surface area contributed by atoms with Crippen LogP contribution in [0.5, 0.6) is 0 Å². The predicted octanol–water partition coefficient (Wildman–Crippen LogP) is 1.60. The van der Waals surface area contributed by atoms with Crippen molar-refractivity contribution in [1.82, 2.24) is 5.32 Å². The van der Waals surface area contributed by atoms with Gasteiger partial charge in [0.2, 0.25) is 0 Å². The van der Waals surface area contributed by atoms with Crippen LogP contribution >= 0.6 is 0 Å². The molecule has 2 rings (SSSR count). The second-order valence-corrected chi connectivity index (χ2v) is 5.41. The van der Waals surface area contributed by atoms with Gasteiger partial charge >= 0.3 is 0 Å². The monoisotopic (exact) mass is 286 g/mol. The fourth-order valence-electron chi connectivity index (χ4n) is 2.44. The number of nitrogens with two attached hydrogens (primary N) is 1. The largest absolute Gasteiger partial charge is 0.378 e. The minimum absolute atomic E-state index is 0.0510. The number of ether oxygens (including phenoxy) is 1. The van der Waals surface area contributed by atoms with E-state index < -0.39 is 0 Å². The summed E-state index contributed by atoms with van der Waals surface area (Å²) in [5.41, 5.74) is 7.94. The van der Waals surface area contributed by atoms with Gasteiger partial charge in [-0.25, -0.2) is 0 Å². The van der Waals surface area contributed by atoms with Gasteiger partial charge in [-0.1, -0.05) is 17.9 Å². The SMILES string of the molecule is Cc1ccc(C(=O)NC2CCOC(C)C2)cc1C#CCN. The van der Waals surface area contributed by atoms with Crippen LogP contribution in [0.15, 0.2) is 18.2 Å². The van der Waals surface area contributed by atoms with E-state index in [1.165, 1.54) is 0 Å². The maximum atomic E-state index is 12.3. The van der Waals surface area contributed by atoms with Crippen LogP contribution in [0.4, 0.5) is 0 Å². The molecule has 21 heavy (non-hydrogen) atoms. The zero-order valence-corrected chi connectivity index (χ0v) is 12.6. The highest BCUT2D eigenvalue weighted by atomic mass is 16.5. The van der Waals surface area contributed by atoms with Gasteiger partial charge in [0.05, 0.1) is 12.6 Å². The van der Waals surface area contributed by atoms with Gasteiger partial charge in [0, 0.05) is 23.8 Å². The molecule has 112 valence electrons. The fourth-order valence-corrected chi connectivity index (χ4v) is 2.44. The fraction of sp³-hybridized carbons (Fsp3) is 0.471. The van der Waals surface area contributed by atoms with E-state index in [0.29, 0.717) is 18.7 Å². The van der Waals surface area contributed by atoms with E-state index in [2.05, 4.69) is 17.2 Å². The number of carbonyl (C=O) groups excluding carboxylic acids is 1. The molecule has 1 heterocycles. The Kier molecular flexibility index (Phi) is 5.38. The predicted molar refractivity (Wildman–Crippen MR) is 83.0 cm³/mol. The Morgan fingerprint density at radius 1 is 1.52 bits per heavy atom. The molecular formula is C17H22N2O2. The Labute approximate surface area is 126 Å². The zero-order chi connectivity index (χ0) is 15.2. The van der Waals surface area contributed by atoms with Gasteiger partial charge in [0.25, 0.3) is 5.91 Å². The Hall–Kier alpha value is -1.83. The first kappa shape index (κ1) is 15.6. The van der Waals surface area contributed by atoms with E-state index in [-0.39, 0.29) is 18.1 Å². The van der Waals surface area contributed by atoms with Crippen molar-refractivity contribution >= 4 is 5.91 Å². The number of hydrogen-bond acceptors (Lipinski definition) is 3. The van der Waals surface area contributed by atoms with Crippen LogP contribution in [-0.2, 0) is 4.74 Å². The van der Waals surface area contributed by atoms with E-state index in [1.807, 2.05) is 32.0 Å². The molecule has 3 N–H and O–H groups in total. The van der Waals surface area contributed by atoms with E-state index in [0.717, 1.165) is 24.0 Å². The minimum Gasteiger partial charge on any atom is -0.378 e. The summed E-state index contributed by atoms with van der Waals surface area (Å²) < 4.78 is 5.49.